The number of likely N-dealkylation sites (tertiary alicyclic amines) is 1. The van der Waals surface area contributed by atoms with Crippen molar-refractivity contribution in [1.82, 2.24) is 10.2 Å². The highest BCUT2D eigenvalue weighted by atomic mass is 16.5. The molecule has 0 aliphatic carbocycles. The van der Waals surface area contributed by atoms with E-state index in [1.54, 1.807) is 0 Å². The zero-order valence-electron chi connectivity index (χ0n) is 13.8. The largest absolute Gasteiger partial charge is 0.492 e. The van der Waals surface area contributed by atoms with Gasteiger partial charge in [0.15, 0.2) is 0 Å². The molecule has 2 atom stereocenters. The van der Waals surface area contributed by atoms with E-state index in [-0.39, 0.29) is 0 Å². The summed E-state index contributed by atoms with van der Waals surface area (Å²) in [5.41, 5.74) is 1.29. The third kappa shape index (κ3) is 5.01. The summed E-state index contributed by atoms with van der Waals surface area (Å²) in [5, 5.41) is 3.35. The smallest absolute Gasteiger partial charge is 0.119 e. The fourth-order valence-corrected chi connectivity index (χ4v) is 3.03. The molecule has 3 nitrogen and oxygen atoms in total. The van der Waals surface area contributed by atoms with Gasteiger partial charge < -0.3 is 10.1 Å². The van der Waals surface area contributed by atoms with Gasteiger partial charge in [0.1, 0.15) is 12.4 Å². The Morgan fingerprint density at radius 1 is 1.33 bits per heavy atom. The molecule has 1 heterocycles. The van der Waals surface area contributed by atoms with Crippen molar-refractivity contribution in [3.05, 3.63) is 29.8 Å². The highest BCUT2D eigenvalue weighted by Crippen LogP contribution is 2.22. The van der Waals surface area contributed by atoms with Gasteiger partial charge in [0.2, 0.25) is 0 Å². The number of hydrogen-bond donors (Lipinski definition) is 1. The minimum Gasteiger partial charge on any atom is -0.492 e. The number of ether oxygens (including phenoxy) is 1. The zero-order chi connectivity index (χ0) is 15.1. The summed E-state index contributed by atoms with van der Waals surface area (Å²) in [5.74, 6) is 1.80. The molecule has 1 saturated heterocycles. The van der Waals surface area contributed by atoms with Gasteiger partial charge in [-0.2, -0.15) is 0 Å². The van der Waals surface area contributed by atoms with Crippen molar-refractivity contribution in [1.29, 1.82) is 0 Å². The van der Waals surface area contributed by atoms with Crippen LogP contribution in [0.5, 0.6) is 5.75 Å². The van der Waals surface area contributed by atoms with Gasteiger partial charge in [0.25, 0.3) is 0 Å². The minimum atomic E-state index is 0.683. The third-order valence-corrected chi connectivity index (χ3v) is 4.63. The van der Waals surface area contributed by atoms with Crippen LogP contribution < -0.4 is 10.1 Å². The number of nitrogens with zero attached hydrogens (tertiary/aromatic N) is 1. The quantitative estimate of drug-likeness (QED) is 0.834. The van der Waals surface area contributed by atoms with Crippen molar-refractivity contribution >= 4 is 0 Å². The molecule has 2 rings (SSSR count). The number of piperidine rings is 1. The van der Waals surface area contributed by atoms with Crippen molar-refractivity contribution in [2.45, 2.75) is 46.2 Å². The fraction of sp³-hybridized carbons (Fsp3) is 0.667. The highest BCUT2D eigenvalue weighted by molar-refractivity contribution is 5.28. The summed E-state index contributed by atoms with van der Waals surface area (Å²) in [6, 6.07) is 9.10. The molecule has 0 radical (unpaired) electrons. The SMILES string of the molecule is CCNCc1cccc(OCCN2CCCC(C)C2C)c1. The summed E-state index contributed by atoms with van der Waals surface area (Å²) in [6.07, 6.45) is 2.69. The lowest BCUT2D eigenvalue weighted by Gasteiger charge is -2.37. The minimum absolute atomic E-state index is 0.683. The van der Waals surface area contributed by atoms with E-state index >= 15 is 0 Å². The van der Waals surface area contributed by atoms with Gasteiger partial charge in [-0.25, -0.2) is 0 Å². The molecule has 1 aliphatic rings. The van der Waals surface area contributed by atoms with E-state index in [1.165, 1.54) is 24.9 Å². The van der Waals surface area contributed by atoms with Crippen LogP contribution >= 0.6 is 0 Å². The van der Waals surface area contributed by atoms with Crippen LogP contribution in [0, 0.1) is 5.92 Å². The molecule has 1 aliphatic heterocycles. The Kier molecular flexibility index (Phi) is 6.52. The molecule has 118 valence electrons. The Bertz CT molecular complexity index is 421. The molecule has 1 fully saturated rings. The van der Waals surface area contributed by atoms with Crippen molar-refractivity contribution in [3.8, 4) is 5.75 Å². The predicted molar refractivity (Wildman–Crippen MR) is 88.8 cm³/mol. The van der Waals surface area contributed by atoms with E-state index in [9.17, 15) is 0 Å². The van der Waals surface area contributed by atoms with Gasteiger partial charge in [0.05, 0.1) is 0 Å². The lowest BCUT2D eigenvalue weighted by molar-refractivity contribution is 0.0958. The average Bonchev–Trinajstić information content (AvgIpc) is 2.50. The molecule has 0 bridgehead atoms. The summed E-state index contributed by atoms with van der Waals surface area (Å²) in [6.45, 7) is 11.8. The Labute approximate surface area is 129 Å². The Morgan fingerprint density at radius 2 is 2.19 bits per heavy atom. The normalized spacial score (nSPS) is 23.2. The van der Waals surface area contributed by atoms with E-state index in [2.05, 4.69) is 55.3 Å². The van der Waals surface area contributed by atoms with E-state index in [0.29, 0.717) is 6.04 Å². The second-order valence-corrected chi connectivity index (χ2v) is 6.17. The Balaban J connectivity index is 1.77. The number of hydrogen-bond acceptors (Lipinski definition) is 3. The van der Waals surface area contributed by atoms with Crippen molar-refractivity contribution in [2.75, 3.05) is 26.2 Å². The van der Waals surface area contributed by atoms with Gasteiger partial charge in [-0.3, -0.25) is 4.90 Å². The molecule has 0 amide bonds. The predicted octanol–water partition coefficient (Wildman–Crippen LogP) is 3.30. The third-order valence-electron chi connectivity index (χ3n) is 4.63. The summed E-state index contributed by atoms with van der Waals surface area (Å²) in [4.78, 5) is 2.57. The maximum Gasteiger partial charge on any atom is 0.119 e. The van der Waals surface area contributed by atoms with Gasteiger partial charge in [0, 0.05) is 19.1 Å². The monoisotopic (exact) mass is 290 g/mol. The van der Waals surface area contributed by atoms with Crippen LogP contribution in [0.15, 0.2) is 24.3 Å². The summed E-state index contributed by atoms with van der Waals surface area (Å²) in [7, 11) is 0. The number of benzene rings is 1. The first-order chi connectivity index (χ1) is 10.2. The average molecular weight is 290 g/mol. The fourth-order valence-electron chi connectivity index (χ4n) is 3.03. The Morgan fingerprint density at radius 3 is 3.00 bits per heavy atom. The molecule has 1 aromatic rings. The summed E-state index contributed by atoms with van der Waals surface area (Å²) >= 11 is 0. The molecule has 0 spiro atoms. The lowest BCUT2D eigenvalue weighted by Crippen LogP contribution is -2.44. The molecular formula is C18H30N2O. The molecule has 0 aromatic heterocycles. The van der Waals surface area contributed by atoms with Crippen LogP contribution in [0.25, 0.3) is 0 Å². The zero-order valence-corrected chi connectivity index (χ0v) is 13.8. The van der Waals surface area contributed by atoms with E-state index in [0.717, 1.165) is 37.9 Å². The first-order valence-corrected chi connectivity index (χ1v) is 8.37. The maximum atomic E-state index is 5.94. The number of rotatable bonds is 7. The van der Waals surface area contributed by atoms with Crippen LogP contribution in [0.2, 0.25) is 0 Å². The molecule has 1 N–H and O–H groups in total. The second-order valence-electron chi connectivity index (χ2n) is 6.17. The lowest BCUT2D eigenvalue weighted by atomic mass is 9.92. The molecule has 3 heteroatoms. The van der Waals surface area contributed by atoms with Gasteiger partial charge in [-0.1, -0.05) is 26.0 Å². The van der Waals surface area contributed by atoms with Crippen LogP contribution in [0.4, 0.5) is 0 Å². The van der Waals surface area contributed by atoms with Crippen LogP contribution in [0.3, 0.4) is 0 Å². The van der Waals surface area contributed by atoms with Gasteiger partial charge in [-0.15, -0.1) is 0 Å². The van der Waals surface area contributed by atoms with Crippen molar-refractivity contribution in [2.24, 2.45) is 5.92 Å². The molecule has 21 heavy (non-hydrogen) atoms. The van der Waals surface area contributed by atoms with Crippen LogP contribution in [-0.2, 0) is 6.54 Å². The molecule has 1 aromatic carbocycles. The first kappa shape index (κ1) is 16.3. The highest BCUT2D eigenvalue weighted by Gasteiger charge is 2.23. The van der Waals surface area contributed by atoms with E-state index in [4.69, 9.17) is 4.74 Å². The molecule has 2 unspecified atom stereocenters. The first-order valence-electron chi connectivity index (χ1n) is 8.37. The van der Waals surface area contributed by atoms with Gasteiger partial charge in [-0.05, 0) is 56.5 Å². The summed E-state index contributed by atoms with van der Waals surface area (Å²) < 4.78 is 5.94. The van der Waals surface area contributed by atoms with E-state index in [1.807, 2.05) is 0 Å². The van der Waals surface area contributed by atoms with Crippen LogP contribution in [0.1, 0.15) is 39.2 Å². The Hall–Kier alpha value is -1.06. The van der Waals surface area contributed by atoms with Gasteiger partial charge >= 0.3 is 0 Å². The molecular weight excluding hydrogens is 260 g/mol. The van der Waals surface area contributed by atoms with Crippen LogP contribution in [-0.4, -0.2) is 37.2 Å². The van der Waals surface area contributed by atoms with Crippen molar-refractivity contribution in [3.63, 3.8) is 0 Å². The maximum absolute atomic E-state index is 5.94. The second kappa shape index (κ2) is 8.40. The molecule has 0 saturated carbocycles. The number of nitrogens with one attached hydrogen (secondary N) is 1. The van der Waals surface area contributed by atoms with E-state index < -0.39 is 0 Å². The topological polar surface area (TPSA) is 24.5 Å². The standard InChI is InChI=1S/C18H30N2O/c1-4-19-14-17-8-5-9-18(13-17)21-12-11-20-10-6-7-15(2)16(20)3/h5,8-9,13,15-16,19H,4,6-7,10-12,14H2,1-3H3. The van der Waals surface area contributed by atoms with Crippen molar-refractivity contribution < 1.29 is 4.74 Å².